The number of hydrogen-bond donors (Lipinski definition) is 3. The van der Waals surface area contributed by atoms with Gasteiger partial charge in [0.1, 0.15) is 0 Å². The van der Waals surface area contributed by atoms with Crippen molar-refractivity contribution in [1.82, 2.24) is 9.78 Å². The predicted octanol–water partition coefficient (Wildman–Crippen LogP) is 1.55. The Bertz CT molecular complexity index is 609. The van der Waals surface area contributed by atoms with Crippen LogP contribution >= 0.6 is 0 Å². The van der Waals surface area contributed by atoms with E-state index in [4.69, 9.17) is 15.6 Å². The van der Waals surface area contributed by atoms with Gasteiger partial charge in [-0.15, -0.1) is 0 Å². The van der Waals surface area contributed by atoms with E-state index in [9.17, 15) is 4.79 Å². The molecular weight excluding hydrogens is 260 g/mol. The highest BCUT2D eigenvalue weighted by atomic mass is 16.5. The molecule has 4 N–H and O–H groups in total. The summed E-state index contributed by atoms with van der Waals surface area (Å²) in [6.07, 6.45) is 3.40. The first-order valence-electron chi connectivity index (χ1n) is 6.01. The number of methoxy groups -OCH3 is 1. The number of nitrogen functional groups attached to an aromatic ring is 1. The van der Waals surface area contributed by atoms with Gasteiger partial charge in [-0.25, -0.2) is 4.79 Å². The fraction of sp³-hybridized carbons (Fsp3) is 0.231. The molecule has 1 aromatic heterocycles. The third kappa shape index (κ3) is 3.27. The van der Waals surface area contributed by atoms with Crippen molar-refractivity contribution < 1.29 is 14.6 Å². The van der Waals surface area contributed by atoms with Gasteiger partial charge >= 0.3 is 5.97 Å². The monoisotopic (exact) mass is 276 g/mol. The quantitative estimate of drug-likeness (QED) is 0.692. The van der Waals surface area contributed by atoms with E-state index < -0.39 is 5.97 Å². The van der Waals surface area contributed by atoms with Crippen LogP contribution in [0.2, 0.25) is 0 Å². The first kappa shape index (κ1) is 13.9. The lowest BCUT2D eigenvalue weighted by Crippen LogP contribution is -2.04. The molecule has 20 heavy (non-hydrogen) atoms. The van der Waals surface area contributed by atoms with E-state index in [1.807, 2.05) is 0 Å². The average molecular weight is 276 g/mol. The van der Waals surface area contributed by atoms with Crippen molar-refractivity contribution in [3.05, 3.63) is 36.2 Å². The first-order chi connectivity index (χ1) is 9.60. The Morgan fingerprint density at radius 3 is 3.05 bits per heavy atom. The Hall–Kier alpha value is -2.54. The molecule has 0 aliphatic carbocycles. The Morgan fingerprint density at radius 2 is 2.35 bits per heavy atom. The molecule has 1 heterocycles. The van der Waals surface area contributed by atoms with Crippen LogP contribution in [0.1, 0.15) is 10.4 Å². The van der Waals surface area contributed by atoms with E-state index in [0.29, 0.717) is 30.2 Å². The van der Waals surface area contributed by atoms with Gasteiger partial charge in [0.2, 0.25) is 0 Å². The van der Waals surface area contributed by atoms with E-state index in [0.717, 1.165) is 0 Å². The second-order valence-electron chi connectivity index (χ2n) is 4.22. The standard InChI is InChI=1S/C13H16N4O3/c1-20-5-4-17-8-10(7-15-17)16-12-3-2-9(14)6-11(12)13(18)19/h2-3,6-8,16H,4-5,14H2,1H3,(H,18,19). The molecule has 2 rings (SSSR count). The third-order valence-corrected chi connectivity index (χ3v) is 2.71. The topological polar surface area (TPSA) is 102 Å². The lowest BCUT2D eigenvalue weighted by molar-refractivity contribution is 0.0698. The number of carboxylic acids is 1. The van der Waals surface area contributed by atoms with E-state index in [2.05, 4.69) is 10.4 Å². The fourth-order valence-electron chi connectivity index (χ4n) is 1.74. The van der Waals surface area contributed by atoms with Crippen LogP contribution in [-0.4, -0.2) is 34.6 Å². The van der Waals surface area contributed by atoms with Crippen LogP contribution in [0.15, 0.2) is 30.6 Å². The minimum absolute atomic E-state index is 0.120. The van der Waals surface area contributed by atoms with Gasteiger partial charge in [-0.1, -0.05) is 0 Å². The molecule has 0 saturated carbocycles. The van der Waals surface area contributed by atoms with Crippen molar-refractivity contribution in [2.24, 2.45) is 0 Å². The number of aromatic carboxylic acids is 1. The summed E-state index contributed by atoms with van der Waals surface area (Å²) in [5.41, 5.74) is 7.30. The molecule has 0 radical (unpaired) electrons. The van der Waals surface area contributed by atoms with Gasteiger partial charge in [-0.05, 0) is 18.2 Å². The molecule has 0 bridgehead atoms. The van der Waals surface area contributed by atoms with Crippen LogP contribution in [0.5, 0.6) is 0 Å². The molecule has 7 heteroatoms. The molecule has 0 unspecified atom stereocenters. The second kappa shape index (κ2) is 6.07. The smallest absolute Gasteiger partial charge is 0.337 e. The second-order valence-corrected chi connectivity index (χ2v) is 4.22. The average Bonchev–Trinajstić information content (AvgIpc) is 2.86. The minimum Gasteiger partial charge on any atom is -0.478 e. The SMILES string of the molecule is COCCn1cc(Nc2ccc(N)cc2C(=O)O)cn1. The van der Waals surface area contributed by atoms with Gasteiger partial charge in [0.25, 0.3) is 0 Å². The highest BCUT2D eigenvalue weighted by Crippen LogP contribution is 2.23. The van der Waals surface area contributed by atoms with Gasteiger partial charge in [0, 0.05) is 19.0 Å². The highest BCUT2D eigenvalue weighted by molar-refractivity contribution is 5.96. The Balaban J connectivity index is 2.17. The summed E-state index contributed by atoms with van der Waals surface area (Å²) in [6.45, 7) is 1.19. The summed E-state index contributed by atoms with van der Waals surface area (Å²) in [4.78, 5) is 11.2. The zero-order valence-electron chi connectivity index (χ0n) is 11.0. The normalized spacial score (nSPS) is 10.4. The third-order valence-electron chi connectivity index (χ3n) is 2.71. The molecule has 0 aliphatic rings. The van der Waals surface area contributed by atoms with Crippen LogP contribution in [0.25, 0.3) is 0 Å². The molecule has 1 aromatic carbocycles. The number of hydrogen-bond acceptors (Lipinski definition) is 5. The Labute approximate surface area is 116 Å². The van der Waals surface area contributed by atoms with E-state index in [-0.39, 0.29) is 5.56 Å². The largest absolute Gasteiger partial charge is 0.478 e. The molecule has 0 aliphatic heterocycles. The molecule has 2 aromatic rings. The number of benzene rings is 1. The number of nitrogens with two attached hydrogens (primary N) is 1. The van der Waals surface area contributed by atoms with Crippen LogP contribution in [0.3, 0.4) is 0 Å². The number of carboxylic acid groups (broad SMARTS) is 1. The number of anilines is 3. The van der Waals surface area contributed by atoms with Crippen molar-refractivity contribution in [2.75, 3.05) is 24.8 Å². The molecule has 0 saturated heterocycles. The summed E-state index contributed by atoms with van der Waals surface area (Å²) in [6, 6.07) is 4.69. The molecule has 0 spiro atoms. The van der Waals surface area contributed by atoms with E-state index >= 15 is 0 Å². The summed E-state index contributed by atoms with van der Waals surface area (Å²) in [5, 5.41) is 16.3. The molecule has 0 atom stereocenters. The van der Waals surface area contributed by atoms with Crippen molar-refractivity contribution in [1.29, 1.82) is 0 Å². The van der Waals surface area contributed by atoms with Gasteiger partial charge < -0.3 is 20.9 Å². The van der Waals surface area contributed by atoms with Crippen molar-refractivity contribution in [3.63, 3.8) is 0 Å². The van der Waals surface area contributed by atoms with E-state index in [1.54, 1.807) is 36.3 Å². The van der Waals surface area contributed by atoms with Gasteiger partial charge in [-0.2, -0.15) is 5.10 Å². The fourth-order valence-corrected chi connectivity index (χ4v) is 1.74. The number of aromatic nitrogens is 2. The van der Waals surface area contributed by atoms with Crippen molar-refractivity contribution in [3.8, 4) is 0 Å². The lowest BCUT2D eigenvalue weighted by Gasteiger charge is -2.08. The molecular formula is C13H16N4O3. The Kier molecular flexibility index (Phi) is 4.21. The van der Waals surface area contributed by atoms with Gasteiger partial charge in [0.05, 0.1) is 36.3 Å². The van der Waals surface area contributed by atoms with Crippen molar-refractivity contribution >= 4 is 23.0 Å². The van der Waals surface area contributed by atoms with Crippen LogP contribution in [0, 0.1) is 0 Å². The summed E-state index contributed by atoms with van der Waals surface area (Å²) >= 11 is 0. The van der Waals surface area contributed by atoms with Gasteiger partial charge in [0.15, 0.2) is 0 Å². The zero-order chi connectivity index (χ0) is 14.5. The molecule has 0 fully saturated rings. The maximum atomic E-state index is 11.2. The Morgan fingerprint density at radius 1 is 1.55 bits per heavy atom. The summed E-state index contributed by atoms with van der Waals surface area (Å²) in [7, 11) is 1.62. The molecule has 7 nitrogen and oxygen atoms in total. The summed E-state index contributed by atoms with van der Waals surface area (Å²) in [5.74, 6) is -1.04. The maximum absolute atomic E-state index is 11.2. The first-order valence-corrected chi connectivity index (χ1v) is 6.01. The number of rotatable bonds is 6. The van der Waals surface area contributed by atoms with Crippen LogP contribution in [0.4, 0.5) is 17.1 Å². The number of carbonyl (C=O) groups is 1. The van der Waals surface area contributed by atoms with Crippen LogP contribution < -0.4 is 11.1 Å². The van der Waals surface area contributed by atoms with Crippen molar-refractivity contribution in [2.45, 2.75) is 6.54 Å². The maximum Gasteiger partial charge on any atom is 0.337 e. The van der Waals surface area contributed by atoms with E-state index in [1.165, 1.54) is 6.07 Å². The molecule has 106 valence electrons. The summed E-state index contributed by atoms with van der Waals surface area (Å²) < 4.78 is 6.68. The number of nitrogens with one attached hydrogen (secondary N) is 1. The highest BCUT2D eigenvalue weighted by Gasteiger charge is 2.11. The number of ether oxygens (including phenoxy) is 1. The minimum atomic E-state index is -1.04. The van der Waals surface area contributed by atoms with Gasteiger partial charge in [-0.3, -0.25) is 4.68 Å². The lowest BCUT2D eigenvalue weighted by atomic mass is 10.1. The van der Waals surface area contributed by atoms with Crippen LogP contribution in [-0.2, 0) is 11.3 Å². The number of nitrogens with zero attached hydrogens (tertiary/aromatic N) is 2. The molecule has 0 amide bonds. The predicted molar refractivity (Wildman–Crippen MR) is 75.2 cm³/mol. The zero-order valence-corrected chi connectivity index (χ0v) is 11.0.